The van der Waals surface area contributed by atoms with Crippen LogP contribution in [0.3, 0.4) is 0 Å². The average molecular weight is 141 g/mol. The molecule has 1 nitrogen and oxygen atoms in total. The van der Waals surface area contributed by atoms with Gasteiger partial charge in [-0.05, 0) is 26.0 Å². The van der Waals surface area contributed by atoms with E-state index in [1.54, 1.807) is 0 Å². The summed E-state index contributed by atoms with van der Waals surface area (Å²) >= 11 is 0. The van der Waals surface area contributed by atoms with E-state index in [9.17, 15) is 0 Å². The monoisotopic (exact) mass is 141 g/mol. The normalized spacial score (nSPS) is 11.9. The van der Waals surface area contributed by atoms with Crippen molar-refractivity contribution < 1.29 is 0 Å². The molecule has 1 heterocycles. The van der Waals surface area contributed by atoms with Crippen molar-refractivity contribution in [2.24, 2.45) is 0 Å². The zero-order valence-electron chi connectivity index (χ0n) is 5.83. The Morgan fingerprint density at radius 1 is 1.22 bits per heavy atom. The molecule has 0 aliphatic carbocycles. The van der Waals surface area contributed by atoms with Gasteiger partial charge in [-0.15, -0.1) is 9.24 Å². The molecule has 9 heavy (non-hydrogen) atoms. The third-order valence-electron chi connectivity index (χ3n) is 1.27. The SMILES string of the molecule is CC(C)(P)n1cccc1. The van der Waals surface area contributed by atoms with Crippen molar-refractivity contribution in [2.45, 2.75) is 19.1 Å². The van der Waals surface area contributed by atoms with Gasteiger partial charge in [0.05, 0.1) is 5.28 Å². The van der Waals surface area contributed by atoms with Gasteiger partial charge in [0, 0.05) is 12.4 Å². The lowest BCUT2D eigenvalue weighted by atomic mass is 10.4. The quantitative estimate of drug-likeness (QED) is 0.527. The number of hydrogen-bond donors (Lipinski definition) is 0. The molecule has 1 aromatic heterocycles. The molecule has 0 saturated heterocycles. The number of nitrogens with zero attached hydrogens (tertiary/aromatic N) is 1. The van der Waals surface area contributed by atoms with Gasteiger partial charge < -0.3 is 4.57 Å². The largest absolute Gasteiger partial charge is 0.346 e. The molecule has 50 valence electrons. The third kappa shape index (κ3) is 1.56. The van der Waals surface area contributed by atoms with Crippen LogP contribution in [0.4, 0.5) is 0 Å². The van der Waals surface area contributed by atoms with Gasteiger partial charge >= 0.3 is 0 Å². The Kier molecular flexibility index (Phi) is 1.63. The van der Waals surface area contributed by atoms with Crippen LogP contribution in [-0.2, 0) is 5.28 Å². The molecule has 1 unspecified atom stereocenters. The number of rotatable bonds is 1. The Morgan fingerprint density at radius 2 is 1.67 bits per heavy atom. The Morgan fingerprint density at radius 3 is 1.89 bits per heavy atom. The highest BCUT2D eigenvalue weighted by atomic mass is 31.0. The van der Waals surface area contributed by atoms with Crippen LogP contribution in [0.5, 0.6) is 0 Å². The smallest absolute Gasteiger partial charge is 0.0521 e. The fourth-order valence-corrected chi connectivity index (χ4v) is 0.891. The molecule has 1 rings (SSSR count). The summed E-state index contributed by atoms with van der Waals surface area (Å²) in [7, 11) is 2.78. The predicted octanol–water partition coefficient (Wildman–Crippen LogP) is 2.06. The van der Waals surface area contributed by atoms with E-state index in [2.05, 4.69) is 40.0 Å². The molecule has 0 aromatic carbocycles. The highest BCUT2D eigenvalue weighted by Crippen LogP contribution is 2.22. The Bertz CT molecular complexity index is 171. The minimum absolute atomic E-state index is 0.156. The molecule has 1 aromatic rings. The van der Waals surface area contributed by atoms with E-state index < -0.39 is 0 Å². The Labute approximate surface area is 58.3 Å². The second-order valence-electron chi connectivity index (χ2n) is 2.74. The summed E-state index contributed by atoms with van der Waals surface area (Å²) in [5.41, 5.74) is 0. The predicted molar refractivity (Wildman–Crippen MR) is 43.5 cm³/mol. The van der Waals surface area contributed by atoms with Gasteiger partial charge in [-0.1, -0.05) is 0 Å². The van der Waals surface area contributed by atoms with Gasteiger partial charge in [0.25, 0.3) is 0 Å². The molecule has 0 bridgehead atoms. The molecular formula is C7H12NP. The molecule has 0 saturated carbocycles. The molecule has 0 fully saturated rings. The van der Waals surface area contributed by atoms with Crippen molar-refractivity contribution in [3.63, 3.8) is 0 Å². The van der Waals surface area contributed by atoms with Crippen LogP contribution in [0.15, 0.2) is 24.5 Å². The van der Waals surface area contributed by atoms with Crippen molar-refractivity contribution >= 4 is 9.24 Å². The summed E-state index contributed by atoms with van der Waals surface area (Å²) in [6.07, 6.45) is 4.12. The van der Waals surface area contributed by atoms with Gasteiger partial charge in [-0.3, -0.25) is 0 Å². The maximum atomic E-state index is 2.78. The highest BCUT2D eigenvalue weighted by molar-refractivity contribution is 7.17. The molecular weight excluding hydrogens is 129 g/mol. The summed E-state index contributed by atoms with van der Waals surface area (Å²) in [5, 5.41) is 0.156. The van der Waals surface area contributed by atoms with E-state index >= 15 is 0 Å². The van der Waals surface area contributed by atoms with E-state index in [1.807, 2.05) is 12.1 Å². The summed E-state index contributed by atoms with van der Waals surface area (Å²) in [4.78, 5) is 0. The Balaban J connectivity index is 2.90. The van der Waals surface area contributed by atoms with Crippen molar-refractivity contribution in [3.8, 4) is 0 Å². The van der Waals surface area contributed by atoms with Crippen molar-refractivity contribution in [3.05, 3.63) is 24.5 Å². The van der Waals surface area contributed by atoms with Crippen molar-refractivity contribution in [1.82, 2.24) is 4.57 Å². The number of aromatic nitrogens is 1. The van der Waals surface area contributed by atoms with E-state index in [0.29, 0.717) is 0 Å². The van der Waals surface area contributed by atoms with Gasteiger partial charge in [-0.2, -0.15) is 0 Å². The Hall–Kier alpha value is -0.290. The minimum atomic E-state index is 0.156. The highest BCUT2D eigenvalue weighted by Gasteiger charge is 2.09. The maximum Gasteiger partial charge on any atom is 0.0521 e. The maximum absolute atomic E-state index is 2.78. The summed E-state index contributed by atoms with van der Waals surface area (Å²) < 4.78 is 2.15. The third-order valence-corrected chi connectivity index (χ3v) is 1.57. The minimum Gasteiger partial charge on any atom is -0.346 e. The van der Waals surface area contributed by atoms with Gasteiger partial charge in [0.15, 0.2) is 0 Å². The lowest BCUT2D eigenvalue weighted by Gasteiger charge is -2.20. The molecule has 2 heteroatoms. The van der Waals surface area contributed by atoms with Crippen LogP contribution in [-0.4, -0.2) is 4.57 Å². The molecule has 0 N–H and O–H groups in total. The first-order chi connectivity index (χ1) is 4.11. The van der Waals surface area contributed by atoms with E-state index in [1.165, 1.54) is 0 Å². The van der Waals surface area contributed by atoms with Gasteiger partial charge in [-0.25, -0.2) is 0 Å². The summed E-state index contributed by atoms with van der Waals surface area (Å²) in [6, 6.07) is 4.07. The molecule has 0 aliphatic heterocycles. The molecule has 0 aliphatic rings. The van der Waals surface area contributed by atoms with E-state index in [4.69, 9.17) is 0 Å². The second kappa shape index (κ2) is 2.15. The molecule has 0 spiro atoms. The molecule has 0 amide bonds. The average Bonchev–Trinajstić information content (AvgIpc) is 2.08. The van der Waals surface area contributed by atoms with Crippen LogP contribution < -0.4 is 0 Å². The lowest BCUT2D eigenvalue weighted by Crippen LogP contribution is -2.15. The van der Waals surface area contributed by atoms with Crippen LogP contribution in [0, 0.1) is 0 Å². The van der Waals surface area contributed by atoms with E-state index in [0.717, 1.165) is 0 Å². The topological polar surface area (TPSA) is 4.93 Å². The van der Waals surface area contributed by atoms with Gasteiger partial charge in [0.2, 0.25) is 0 Å². The van der Waals surface area contributed by atoms with E-state index in [-0.39, 0.29) is 5.28 Å². The zero-order chi connectivity index (χ0) is 6.91. The summed E-state index contributed by atoms with van der Waals surface area (Å²) in [6.45, 7) is 4.30. The van der Waals surface area contributed by atoms with Crippen LogP contribution in [0.25, 0.3) is 0 Å². The standard InChI is InChI=1S/C7H12NP/c1-7(2,9)8-5-3-4-6-8/h3-6H,9H2,1-2H3. The van der Waals surface area contributed by atoms with Crippen LogP contribution in [0.1, 0.15) is 13.8 Å². The molecule has 1 atom stereocenters. The zero-order valence-corrected chi connectivity index (χ0v) is 6.99. The van der Waals surface area contributed by atoms with Crippen LogP contribution >= 0.6 is 9.24 Å². The molecule has 0 radical (unpaired) electrons. The van der Waals surface area contributed by atoms with Crippen LogP contribution in [0.2, 0.25) is 0 Å². The summed E-state index contributed by atoms with van der Waals surface area (Å²) in [5.74, 6) is 0. The van der Waals surface area contributed by atoms with Gasteiger partial charge in [0.1, 0.15) is 0 Å². The van der Waals surface area contributed by atoms with Crippen molar-refractivity contribution in [1.29, 1.82) is 0 Å². The number of hydrogen-bond acceptors (Lipinski definition) is 0. The second-order valence-corrected chi connectivity index (χ2v) is 4.16. The lowest BCUT2D eigenvalue weighted by molar-refractivity contribution is 0.539. The fraction of sp³-hybridized carbons (Fsp3) is 0.429. The first-order valence-corrected chi connectivity index (χ1v) is 3.61. The fourth-order valence-electron chi connectivity index (χ4n) is 0.719. The van der Waals surface area contributed by atoms with Crippen molar-refractivity contribution in [2.75, 3.05) is 0 Å². The first-order valence-electron chi connectivity index (χ1n) is 3.03. The first kappa shape index (κ1) is 6.82.